The van der Waals surface area contributed by atoms with Crippen molar-refractivity contribution in [3.8, 4) is 0 Å². The number of nitrogens with zero attached hydrogens (tertiary/aromatic N) is 1. The lowest BCUT2D eigenvalue weighted by molar-refractivity contribution is 0.413. The molecule has 0 bridgehead atoms. The summed E-state index contributed by atoms with van der Waals surface area (Å²) in [6.07, 6.45) is 4.33. The van der Waals surface area contributed by atoms with Gasteiger partial charge >= 0.3 is 0 Å². The highest BCUT2D eigenvalue weighted by molar-refractivity contribution is 14.1. The van der Waals surface area contributed by atoms with Crippen molar-refractivity contribution in [2.24, 2.45) is 11.3 Å². The van der Waals surface area contributed by atoms with Crippen LogP contribution in [0.5, 0.6) is 0 Å². The van der Waals surface area contributed by atoms with Gasteiger partial charge in [-0.3, -0.25) is 0 Å². The first-order valence-corrected chi connectivity index (χ1v) is 5.09. The molecule has 12 heavy (non-hydrogen) atoms. The Morgan fingerprint density at radius 1 is 1.50 bits per heavy atom. The lowest BCUT2D eigenvalue weighted by Crippen LogP contribution is -2.31. The number of halogens is 1. The molecule has 1 heterocycles. The van der Waals surface area contributed by atoms with Gasteiger partial charge in [0, 0.05) is 0 Å². The SMILES string of the molecule is CC(C)(C)C1=CCN(N)C(I)=C1. The summed E-state index contributed by atoms with van der Waals surface area (Å²) >= 11 is 2.26. The molecule has 0 spiro atoms. The van der Waals surface area contributed by atoms with Crippen molar-refractivity contribution in [3.05, 3.63) is 21.4 Å². The Bertz CT molecular complexity index is 235. The Labute approximate surface area is 87.6 Å². The Morgan fingerprint density at radius 2 is 2.08 bits per heavy atom. The number of allylic oxidation sites excluding steroid dienone is 2. The van der Waals surface area contributed by atoms with Crippen LogP contribution in [0, 0.1) is 5.41 Å². The van der Waals surface area contributed by atoms with Crippen LogP contribution in [-0.4, -0.2) is 11.6 Å². The van der Waals surface area contributed by atoms with Gasteiger partial charge in [0.05, 0.1) is 10.2 Å². The van der Waals surface area contributed by atoms with Crippen LogP contribution in [0.15, 0.2) is 21.4 Å². The van der Waals surface area contributed by atoms with Crippen LogP contribution in [0.1, 0.15) is 20.8 Å². The molecule has 0 radical (unpaired) electrons. The highest BCUT2D eigenvalue weighted by Gasteiger charge is 2.18. The smallest absolute Gasteiger partial charge is 0.0904 e. The fourth-order valence-corrected chi connectivity index (χ4v) is 1.61. The van der Waals surface area contributed by atoms with E-state index < -0.39 is 0 Å². The molecule has 2 nitrogen and oxygen atoms in total. The van der Waals surface area contributed by atoms with Crippen LogP contribution in [0.25, 0.3) is 0 Å². The number of hydrogen-bond donors (Lipinski definition) is 1. The van der Waals surface area contributed by atoms with Crippen LogP contribution >= 0.6 is 22.6 Å². The minimum atomic E-state index is 0.234. The van der Waals surface area contributed by atoms with E-state index >= 15 is 0 Å². The lowest BCUT2D eigenvalue weighted by Gasteiger charge is -2.27. The molecule has 0 atom stereocenters. The molecule has 0 amide bonds. The molecule has 2 N–H and O–H groups in total. The topological polar surface area (TPSA) is 29.3 Å². The van der Waals surface area contributed by atoms with Gasteiger partial charge in [0.25, 0.3) is 0 Å². The Kier molecular flexibility index (Phi) is 2.83. The summed E-state index contributed by atoms with van der Waals surface area (Å²) in [6, 6.07) is 0. The fraction of sp³-hybridized carbons (Fsp3) is 0.556. The average Bonchev–Trinajstić information content (AvgIpc) is 1.92. The van der Waals surface area contributed by atoms with Gasteiger partial charge in [0.15, 0.2) is 0 Å². The number of hydrazine groups is 1. The molecule has 0 aliphatic carbocycles. The van der Waals surface area contributed by atoms with E-state index in [1.54, 1.807) is 5.01 Å². The second kappa shape index (κ2) is 3.38. The molecule has 1 aliphatic rings. The molecule has 0 fully saturated rings. The molecule has 0 unspecified atom stereocenters. The van der Waals surface area contributed by atoms with Crippen LogP contribution in [0.3, 0.4) is 0 Å². The maximum Gasteiger partial charge on any atom is 0.0904 e. The Balaban J connectivity index is 2.85. The molecular formula is C9H15IN2. The molecule has 0 aromatic rings. The zero-order valence-electron chi connectivity index (χ0n) is 7.76. The first-order chi connectivity index (χ1) is 5.41. The molecule has 0 saturated carbocycles. The van der Waals surface area contributed by atoms with Crippen LogP contribution in [0.2, 0.25) is 0 Å². The third-order valence-electron chi connectivity index (χ3n) is 1.92. The molecule has 3 heteroatoms. The van der Waals surface area contributed by atoms with Crippen molar-refractivity contribution in [2.75, 3.05) is 6.54 Å². The summed E-state index contributed by atoms with van der Waals surface area (Å²) in [5.41, 5.74) is 1.60. The second-order valence-corrected chi connectivity index (χ2v) is 5.13. The van der Waals surface area contributed by atoms with E-state index in [-0.39, 0.29) is 5.41 Å². The van der Waals surface area contributed by atoms with E-state index in [1.807, 2.05) is 0 Å². The fourth-order valence-electron chi connectivity index (χ4n) is 1.08. The highest BCUT2D eigenvalue weighted by atomic mass is 127. The average molecular weight is 278 g/mol. The molecule has 1 rings (SSSR count). The Hall–Kier alpha value is -0.0300. The molecule has 1 aliphatic heterocycles. The van der Waals surface area contributed by atoms with Crippen molar-refractivity contribution in [2.45, 2.75) is 20.8 Å². The summed E-state index contributed by atoms with van der Waals surface area (Å²) in [5, 5.41) is 1.75. The highest BCUT2D eigenvalue weighted by Crippen LogP contribution is 2.30. The van der Waals surface area contributed by atoms with Gasteiger partial charge in [-0.15, -0.1) is 0 Å². The van der Waals surface area contributed by atoms with E-state index in [4.69, 9.17) is 5.84 Å². The van der Waals surface area contributed by atoms with Gasteiger partial charge in [-0.05, 0) is 39.7 Å². The number of rotatable bonds is 0. The largest absolute Gasteiger partial charge is 0.301 e. The molecule has 0 saturated heterocycles. The predicted octanol–water partition coefficient (Wildman–Crippen LogP) is 2.42. The van der Waals surface area contributed by atoms with Crippen molar-refractivity contribution in [3.63, 3.8) is 0 Å². The second-order valence-electron chi connectivity index (χ2n) is 4.03. The van der Waals surface area contributed by atoms with Crippen LogP contribution in [-0.2, 0) is 0 Å². The summed E-state index contributed by atoms with van der Waals surface area (Å²) in [6.45, 7) is 7.46. The maximum absolute atomic E-state index is 5.70. The maximum atomic E-state index is 5.70. The molecule has 0 aromatic heterocycles. The Morgan fingerprint density at radius 3 is 2.50 bits per heavy atom. The van der Waals surface area contributed by atoms with Crippen molar-refractivity contribution in [1.82, 2.24) is 5.01 Å². The van der Waals surface area contributed by atoms with Gasteiger partial charge in [0.2, 0.25) is 0 Å². The van der Waals surface area contributed by atoms with Gasteiger partial charge < -0.3 is 5.01 Å². The first-order valence-electron chi connectivity index (χ1n) is 4.01. The van der Waals surface area contributed by atoms with E-state index in [0.717, 1.165) is 10.2 Å². The minimum Gasteiger partial charge on any atom is -0.301 e. The number of hydrogen-bond acceptors (Lipinski definition) is 2. The van der Waals surface area contributed by atoms with Crippen LogP contribution < -0.4 is 5.84 Å². The zero-order valence-corrected chi connectivity index (χ0v) is 9.92. The van der Waals surface area contributed by atoms with Gasteiger partial charge in [-0.25, -0.2) is 5.84 Å². The summed E-state index contributed by atoms with van der Waals surface area (Å²) in [7, 11) is 0. The predicted molar refractivity (Wildman–Crippen MR) is 60.5 cm³/mol. The van der Waals surface area contributed by atoms with Crippen molar-refractivity contribution < 1.29 is 0 Å². The van der Waals surface area contributed by atoms with E-state index in [0.29, 0.717) is 0 Å². The molecule has 0 aromatic carbocycles. The molecular weight excluding hydrogens is 263 g/mol. The molecule has 68 valence electrons. The zero-order chi connectivity index (χ0) is 9.35. The van der Waals surface area contributed by atoms with Gasteiger partial charge in [-0.2, -0.15) is 0 Å². The van der Waals surface area contributed by atoms with Crippen molar-refractivity contribution in [1.29, 1.82) is 0 Å². The van der Waals surface area contributed by atoms with E-state index in [2.05, 4.69) is 55.5 Å². The van der Waals surface area contributed by atoms with Gasteiger partial charge in [0.1, 0.15) is 0 Å². The quantitative estimate of drug-likeness (QED) is 0.419. The lowest BCUT2D eigenvalue weighted by atomic mass is 9.85. The van der Waals surface area contributed by atoms with Crippen LogP contribution in [0.4, 0.5) is 0 Å². The summed E-state index contributed by atoms with van der Waals surface area (Å²) < 4.78 is 1.11. The number of nitrogens with two attached hydrogens (primary N) is 1. The normalized spacial score (nSPS) is 18.9. The monoisotopic (exact) mass is 278 g/mol. The summed E-state index contributed by atoms with van der Waals surface area (Å²) in [4.78, 5) is 0. The standard InChI is InChI=1S/C9H15IN2/c1-9(2,3)7-4-5-12(11)8(10)6-7/h4,6H,5,11H2,1-3H3. The van der Waals surface area contributed by atoms with E-state index in [9.17, 15) is 0 Å². The third-order valence-corrected chi connectivity index (χ3v) is 2.85. The summed E-state index contributed by atoms with van der Waals surface area (Å²) in [5.74, 6) is 5.70. The third kappa shape index (κ3) is 2.23. The van der Waals surface area contributed by atoms with Crippen molar-refractivity contribution >= 4 is 22.6 Å². The van der Waals surface area contributed by atoms with Gasteiger partial charge in [-0.1, -0.05) is 26.8 Å². The first kappa shape index (κ1) is 10.1. The minimum absolute atomic E-state index is 0.234. The van der Waals surface area contributed by atoms with E-state index in [1.165, 1.54) is 5.57 Å².